The van der Waals surface area contributed by atoms with Gasteiger partial charge in [-0.2, -0.15) is 0 Å². The van der Waals surface area contributed by atoms with Crippen molar-refractivity contribution in [3.63, 3.8) is 0 Å². The maximum Gasteiger partial charge on any atom is 0.334 e. The van der Waals surface area contributed by atoms with Crippen LogP contribution in [0, 0.1) is 0 Å². The Morgan fingerprint density at radius 1 is 1.56 bits per heavy atom. The highest BCUT2D eigenvalue weighted by atomic mass is 16.5. The molecule has 1 rings (SSSR count). The first kappa shape index (κ1) is 13.2. The molecule has 16 heavy (non-hydrogen) atoms. The van der Waals surface area contributed by atoms with E-state index in [1.165, 1.54) is 6.42 Å². The number of hydrogen-bond acceptors (Lipinski definition) is 4. The van der Waals surface area contributed by atoms with Crippen LogP contribution in [0.2, 0.25) is 0 Å². The fourth-order valence-corrected chi connectivity index (χ4v) is 1.81. The molecule has 1 fully saturated rings. The fourth-order valence-electron chi connectivity index (χ4n) is 1.81. The van der Waals surface area contributed by atoms with Gasteiger partial charge in [-0.25, -0.2) is 4.79 Å². The molecular formula is C12H21NO3. The van der Waals surface area contributed by atoms with E-state index in [-0.39, 0.29) is 12.6 Å². The molecular weight excluding hydrogens is 206 g/mol. The first-order valence-corrected chi connectivity index (χ1v) is 5.88. The highest BCUT2D eigenvalue weighted by Gasteiger charge is 2.26. The van der Waals surface area contributed by atoms with Crippen LogP contribution in [0.1, 0.15) is 26.2 Å². The Kier molecular flexibility index (Phi) is 5.49. The van der Waals surface area contributed by atoms with Crippen LogP contribution in [0.5, 0.6) is 0 Å². The van der Waals surface area contributed by atoms with Crippen molar-refractivity contribution >= 4 is 5.97 Å². The van der Waals surface area contributed by atoms with Gasteiger partial charge in [0.15, 0.2) is 0 Å². The Morgan fingerprint density at radius 2 is 2.25 bits per heavy atom. The minimum Gasteiger partial charge on any atom is -0.463 e. The molecule has 0 spiro atoms. The lowest BCUT2D eigenvalue weighted by molar-refractivity contribution is -0.138. The highest BCUT2D eigenvalue weighted by molar-refractivity contribution is 5.88. The van der Waals surface area contributed by atoms with Gasteiger partial charge in [0.2, 0.25) is 0 Å². The van der Waals surface area contributed by atoms with Gasteiger partial charge in [0.05, 0.1) is 13.2 Å². The fraction of sp³-hybridized carbons (Fsp3) is 0.750. The summed E-state index contributed by atoms with van der Waals surface area (Å²) in [5, 5.41) is 8.97. The van der Waals surface area contributed by atoms with Crippen molar-refractivity contribution < 1.29 is 14.6 Å². The molecule has 0 aromatic carbocycles. The molecule has 0 unspecified atom stereocenters. The summed E-state index contributed by atoms with van der Waals surface area (Å²) in [4.78, 5) is 13.5. The van der Waals surface area contributed by atoms with E-state index in [2.05, 4.69) is 11.5 Å². The second-order valence-electron chi connectivity index (χ2n) is 4.10. The third-order valence-corrected chi connectivity index (χ3v) is 2.94. The van der Waals surface area contributed by atoms with Crippen molar-refractivity contribution in [2.45, 2.75) is 32.2 Å². The molecule has 0 bridgehead atoms. The van der Waals surface area contributed by atoms with Crippen LogP contribution in [0.4, 0.5) is 0 Å². The Labute approximate surface area is 96.9 Å². The second-order valence-corrected chi connectivity index (χ2v) is 4.10. The molecule has 0 heterocycles. The van der Waals surface area contributed by atoms with E-state index in [1.807, 2.05) is 0 Å². The van der Waals surface area contributed by atoms with Crippen molar-refractivity contribution in [1.29, 1.82) is 0 Å². The molecule has 0 saturated heterocycles. The van der Waals surface area contributed by atoms with E-state index in [1.54, 1.807) is 6.92 Å². The van der Waals surface area contributed by atoms with Gasteiger partial charge in [0.25, 0.3) is 0 Å². The molecule has 0 radical (unpaired) electrons. The smallest absolute Gasteiger partial charge is 0.334 e. The van der Waals surface area contributed by atoms with Crippen molar-refractivity contribution in [1.82, 2.24) is 4.90 Å². The van der Waals surface area contributed by atoms with Crippen LogP contribution >= 0.6 is 0 Å². The first-order valence-electron chi connectivity index (χ1n) is 5.88. The summed E-state index contributed by atoms with van der Waals surface area (Å²) in [6, 6.07) is 0.498. The van der Waals surface area contributed by atoms with Gasteiger partial charge in [-0.3, -0.25) is 4.90 Å². The van der Waals surface area contributed by atoms with E-state index in [0.717, 1.165) is 12.8 Å². The summed E-state index contributed by atoms with van der Waals surface area (Å²) in [7, 11) is 0. The van der Waals surface area contributed by atoms with Gasteiger partial charge in [-0.1, -0.05) is 13.0 Å². The minimum atomic E-state index is -0.329. The number of carbonyl (C=O) groups is 1. The summed E-state index contributed by atoms with van der Waals surface area (Å²) < 4.78 is 4.89. The maximum absolute atomic E-state index is 11.4. The zero-order valence-corrected chi connectivity index (χ0v) is 9.95. The number of hydrogen-bond donors (Lipinski definition) is 1. The molecule has 92 valence electrons. The highest BCUT2D eigenvalue weighted by Crippen LogP contribution is 2.25. The number of carbonyl (C=O) groups excluding carboxylic acids is 1. The van der Waals surface area contributed by atoms with Gasteiger partial charge in [0, 0.05) is 24.7 Å². The Bertz CT molecular complexity index is 249. The molecule has 0 aromatic heterocycles. The summed E-state index contributed by atoms with van der Waals surface area (Å²) in [6.07, 6.45) is 3.53. The van der Waals surface area contributed by atoms with E-state index >= 15 is 0 Å². The molecule has 0 aliphatic heterocycles. The third-order valence-electron chi connectivity index (χ3n) is 2.94. The predicted octanol–water partition coefficient (Wildman–Crippen LogP) is 0.953. The molecule has 0 atom stereocenters. The van der Waals surface area contributed by atoms with Crippen LogP contribution in [-0.2, 0) is 9.53 Å². The minimum absolute atomic E-state index is 0.118. The van der Waals surface area contributed by atoms with Gasteiger partial charge in [-0.05, 0) is 19.8 Å². The molecule has 1 N–H and O–H groups in total. The summed E-state index contributed by atoms with van der Waals surface area (Å²) >= 11 is 0. The summed E-state index contributed by atoms with van der Waals surface area (Å²) in [5.74, 6) is -0.329. The van der Waals surface area contributed by atoms with Gasteiger partial charge < -0.3 is 9.84 Å². The van der Waals surface area contributed by atoms with Crippen LogP contribution in [-0.4, -0.2) is 48.3 Å². The zero-order chi connectivity index (χ0) is 12.0. The quantitative estimate of drug-likeness (QED) is 0.520. The van der Waals surface area contributed by atoms with E-state index < -0.39 is 0 Å². The van der Waals surface area contributed by atoms with Gasteiger partial charge in [-0.15, -0.1) is 0 Å². The van der Waals surface area contributed by atoms with E-state index in [4.69, 9.17) is 9.84 Å². The average Bonchev–Trinajstić information content (AvgIpc) is 2.15. The van der Waals surface area contributed by atoms with Crippen LogP contribution < -0.4 is 0 Å². The second kappa shape index (κ2) is 6.66. The normalized spacial score (nSPS) is 15.9. The number of esters is 1. The van der Waals surface area contributed by atoms with E-state index in [9.17, 15) is 4.79 Å². The van der Waals surface area contributed by atoms with Gasteiger partial charge in [0.1, 0.15) is 0 Å². The van der Waals surface area contributed by atoms with E-state index in [0.29, 0.717) is 31.3 Å². The molecule has 4 heteroatoms. The summed E-state index contributed by atoms with van der Waals surface area (Å²) in [6.45, 7) is 7.12. The topological polar surface area (TPSA) is 49.8 Å². The monoisotopic (exact) mass is 227 g/mol. The SMILES string of the molecule is C=C(CN(CCO)C1CCC1)C(=O)OCC. The number of aliphatic hydroxyl groups is 1. The number of nitrogens with zero attached hydrogens (tertiary/aromatic N) is 1. The van der Waals surface area contributed by atoms with Crippen molar-refractivity contribution in [2.24, 2.45) is 0 Å². The molecule has 1 aliphatic carbocycles. The van der Waals surface area contributed by atoms with Crippen molar-refractivity contribution in [3.05, 3.63) is 12.2 Å². The molecule has 1 aliphatic rings. The Balaban J connectivity index is 2.40. The largest absolute Gasteiger partial charge is 0.463 e. The summed E-state index contributed by atoms with van der Waals surface area (Å²) in [5.41, 5.74) is 0.474. The lowest BCUT2D eigenvalue weighted by Crippen LogP contribution is -2.43. The molecule has 1 saturated carbocycles. The predicted molar refractivity (Wildman–Crippen MR) is 62.1 cm³/mol. The van der Waals surface area contributed by atoms with Crippen LogP contribution in [0.15, 0.2) is 12.2 Å². The Morgan fingerprint density at radius 3 is 2.69 bits per heavy atom. The third kappa shape index (κ3) is 3.61. The average molecular weight is 227 g/mol. The molecule has 0 aromatic rings. The van der Waals surface area contributed by atoms with Crippen molar-refractivity contribution in [3.8, 4) is 0 Å². The van der Waals surface area contributed by atoms with Crippen LogP contribution in [0.25, 0.3) is 0 Å². The van der Waals surface area contributed by atoms with Crippen LogP contribution in [0.3, 0.4) is 0 Å². The number of ether oxygens (including phenoxy) is 1. The van der Waals surface area contributed by atoms with Gasteiger partial charge >= 0.3 is 5.97 Å². The maximum atomic E-state index is 11.4. The Hall–Kier alpha value is -0.870. The number of aliphatic hydroxyl groups excluding tert-OH is 1. The number of rotatable bonds is 7. The molecule has 4 nitrogen and oxygen atoms in total. The lowest BCUT2D eigenvalue weighted by Gasteiger charge is -2.37. The zero-order valence-electron chi connectivity index (χ0n) is 9.95. The molecule has 0 amide bonds. The standard InChI is InChI=1S/C12H21NO3/c1-3-16-12(15)10(2)9-13(7-8-14)11-5-4-6-11/h11,14H,2-9H2,1H3. The lowest BCUT2D eigenvalue weighted by atomic mass is 9.91. The first-order chi connectivity index (χ1) is 7.69. The van der Waals surface area contributed by atoms with Crippen molar-refractivity contribution in [2.75, 3.05) is 26.3 Å².